The first-order valence-corrected chi connectivity index (χ1v) is 17.1. The topological polar surface area (TPSA) is 119 Å². The fourth-order valence-electron chi connectivity index (χ4n) is 6.82. The zero-order valence-electron chi connectivity index (χ0n) is 26.9. The summed E-state index contributed by atoms with van der Waals surface area (Å²) in [5, 5.41) is 23.1. The standard InChI is InChI=1S/C34H42F3N5O4S/c1-32(2,3)23-7-8-25-22(16-23)17-27-29(39-25)47-30(40-27)28(44)38-26(11-14-41-12-9-24(43)10-13-41)20-5-4-6-21(15-20)31(45)42-18-33(46,19-42)34(35,36)37/h4-6,15,17,23-24,26,43,46H,7-14,16,18-19H2,1-3H3,(H,38,44)/t23-,26+/m0/s1. The van der Waals surface area contributed by atoms with E-state index in [1.165, 1.54) is 23.0 Å². The van der Waals surface area contributed by atoms with Crippen LogP contribution in [0.4, 0.5) is 13.2 Å². The number of aliphatic hydroxyl groups is 2. The molecule has 47 heavy (non-hydrogen) atoms. The number of rotatable bonds is 7. The Bertz CT molecular complexity index is 1640. The van der Waals surface area contributed by atoms with E-state index in [1.54, 1.807) is 18.2 Å². The molecule has 4 heterocycles. The van der Waals surface area contributed by atoms with E-state index in [4.69, 9.17) is 4.98 Å². The van der Waals surface area contributed by atoms with Crippen molar-refractivity contribution in [2.24, 2.45) is 11.3 Å². The van der Waals surface area contributed by atoms with Crippen molar-refractivity contribution in [2.75, 3.05) is 32.7 Å². The van der Waals surface area contributed by atoms with Crippen LogP contribution in [0.1, 0.15) is 89.5 Å². The molecule has 3 N–H and O–H groups in total. The van der Waals surface area contributed by atoms with Crippen molar-refractivity contribution in [3.63, 3.8) is 0 Å². The number of nitrogens with zero attached hydrogens (tertiary/aromatic N) is 4. The van der Waals surface area contributed by atoms with E-state index < -0.39 is 36.8 Å². The van der Waals surface area contributed by atoms with Crippen LogP contribution in [0.2, 0.25) is 0 Å². The van der Waals surface area contributed by atoms with Crippen molar-refractivity contribution in [2.45, 2.75) is 83.2 Å². The van der Waals surface area contributed by atoms with Gasteiger partial charge in [-0.1, -0.05) is 44.2 Å². The van der Waals surface area contributed by atoms with Gasteiger partial charge in [-0.25, -0.2) is 9.97 Å². The Balaban J connectivity index is 1.21. The van der Waals surface area contributed by atoms with Gasteiger partial charge in [-0.05, 0) is 79.2 Å². The first kappa shape index (κ1) is 33.8. The van der Waals surface area contributed by atoms with Crippen molar-refractivity contribution in [3.8, 4) is 0 Å². The summed E-state index contributed by atoms with van der Waals surface area (Å²) < 4.78 is 39.5. The molecule has 2 atom stereocenters. The number of amides is 2. The molecule has 254 valence electrons. The number of aromatic nitrogens is 2. The number of likely N-dealkylation sites (tertiary alicyclic amines) is 2. The first-order valence-electron chi connectivity index (χ1n) is 16.3. The summed E-state index contributed by atoms with van der Waals surface area (Å²) in [6.45, 7) is 7.20. The number of carbonyl (C=O) groups excluding carboxylic acids is 2. The molecule has 2 saturated heterocycles. The monoisotopic (exact) mass is 673 g/mol. The predicted molar refractivity (Wildman–Crippen MR) is 172 cm³/mol. The molecule has 3 aliphatic rings. The average Bonchev–Trinajstić information content (AvgIpc) is 3.42. The van der Waals surface area contributed by atoms with Crippen LogP contribution in [-0.2, 0) is 12.8 Å². The van der Waals surface area contributed by atoms with E-state index >= 15 is 0 Å². The maximum absolute atomic E-state index is 13.7. The molecule has 2 aliphatic heterocycles. The van der Waals surface area contributed by atoms with Crippen molar-refractivity contribution >= 4 is 33.5 Å². The molecular weight excluding hydrogens is 631 g/mol. The number of halogens is 3. The fraction of sp³-hybridized carbons (Fsp3) is 0.588. The van der Waals surface area contributed by atoms with Crippen molar-refractivity contribution < 1.29 is 33.0 Å². The van der Waals surface area contributed by atoms with Gasteiger partial charge in [-0.15, -0.1) is 0 Å². The second kappa shape index (κ2) is 12.7. The minimum absolute atomic E-state index is 0.176. The lowest BCUT2D eigenvalue weighted by Gasteiger charge is -2.46. The van der Waals surface area contributed by atoms with E-state index in [1.807, 2.05) is 0 Å². The fourth-order valence-corrected chi connectivity index (χ4v) is 7.67. The lowest BCUT2D eigenvalue weighted by atomic mass is 9.71. The SMILES string of the molecule is CC(C)(C)[C@H]1CCc2nc3sc(C(=O)N[C@H](CCN4CCC(O)CC4)c4cccc(C(=O)N5CC(O)(C(F)(F)F)C5)c4)nc3cc2C1. The van der Waals surface area contributed by atoms with Crippen LogP contribution in [0.5, 0.6) is 0 Å². The Morgan fingerprint density at radius 3 is 2.51 bits per heavy atom. The Morgan fingerprint density at radius 1 is 1.11 bits per heavy atom. The minimum Gasteiger partial charge on any atom is -0.393 e. The number of alkyl halides is 3. The number of hydrogen-bond donors (Lipinski definition) is 3. The molecule has 6 rings (SSSR count). The van der Waals surface area contributed by atoms with Crippen LogP contribution in [0.15, 0.2) is 30.3 Å². The highest BCUT2D eigenvalue weighted by Gasteiger charge is 2.62. The van der Waals surface area contributed by atoms with Crippen LogP contribution in [-0.4, -0.2) is 92.4 Å². The third-order valence-electron chi connectivity index (χ3n) is 10.0. The number of carbonyl (C=O) groups is 2. The van der Waals surface area contributed by atoms with Gasteiger partial charge >= 0.3 is 6.18 Å². The van der Waals surface area contributed by atoms with Crippen molar-refractivity contribution in [1.29, 1.82) is 0 Å². The largest absolute Gasteiger partial charge is 0.420 e. The number of piperidine rings is 1. The molecular formula is C34H42F3N5O4S. The number of β-amino-alcohol motifs (C(OH)–C–C–N with tert-alkyl or cyclic N) is 1. The highest BCUT2D eigenvalue weighted by Crippen LogP contribution is 2.39. The number of thiazole rings is 1. The third kappa shape index (κ3) is 7.18. The summed E-state index contributed by atoms with van der Waals surface area (Å²) in [5.41, 5.74) is 1.03. The van der Waals surface area contributed by atoms with Gasteiger partial charge in [0.05, 0.1) is 25.2 Å². The molecule has 1 aliphatic carbocycles. The molecule has 2 aromatic heterocycles. The summed E-state index contributed by atoms with van der Waals surface area (Å²) in [4.78, 5) is 40.2. The molecule has 0 bridgehead atoms. The van der Waals surface area contributed by atoms with E-state index in [-0.39, 0.29) is 28.0 Å². The Morgan fingerprint density at radius 2 is 1.83 bits per heavy atom. The third-order valence-corrected chi connectivity index (χ3v) is 11.0. The Labute approximate surface area is 276 Å². The summed E-state index contributed by atoms with van der Waals surface area (Å²) in [7, 11) is 0. The van der Waals surface area contributed by atoms with E-state index in [0.717, 1.165) is 42.9 Å². The lowest BCUT2D eigenvalue weighted by Crippen LogP contribution is -2.70. The number of nitrogens with one attached hydrogen (secondary N) is 1. The molecule has 13 heteroatoms. The molecule has 0 spiro atoms. The maximum atomic E-state index is 13.7. The van der Waals surface area contributed by atoms with E-state index in [9.17, 15) is 33.0 Å². The van der Waals surface area contributed by atoms with Crippen LogP contribution in [0.3, 0.4) is 0 Å². The van der Waals surface area contributed by atoms with Gasteiger partial charge in [0.25, 0.3) is 11.8 Å². The summed E-state index contributed by atoms with van der Waals surface area (Å²) in [6, 6.07) is 8.08. The molecule has 0 unspecified atom stereocenters. The molecule has 0 radical (unpaired) electrons. The summed E-state index contributed by atoms with van der Waals surface area (Å²) in [6.07, 6.45) is -0.415. The first-order chi connectivity index (χ1) is 22.1. The normalized spacial score (nSPS) is 21.3. The van der Waals surface area contributed by atoms with E-state index in [0.29, 0.717) is 47.6 Å². The lowest BCUT2D eigenvalue weighted by molar-refractivity contribution is -0.294. The van der Waals surface area contributed by atoms with Crippen LogP contribution < -0.4 is 5.32 Å². The second-order valence-corrected chi connectivity index (χ2v) is 15.4. The highest BCUT2D eigenvalue weighted by atomic mass is 32.1. The van der Waals surface area contributed by atoms with Gasteiger partial charge in [-0.2, -0.15) is 13.2 Å². The minimum atomic E-state index is -4.82. The van der Waals surface area contributed by atoms with Crippen LogP contribution in [0.25, 0.3) is 10.3 Å². The van der Waals surface area contributed by atoms with Crippen molar-refractivity contribution in [3.05, 3.63) is 57.7 Å². The molecule has 0 saturated carbocycles. The van der Waals surface area contributed by atoms with Gasteiger partial charge in [0.15, 0.2) is 10.6 Å². The number of aryl methyl sites for hydroxylation is 1. The number of fused-ring (bicyclic) bond motifs is 2. The highest BCUT2D eigenvalue weighted by molar-refractivity contribution is 7.19. The average molecular weight is 674 g/mol. The number of hydrogen-bond acceptors (Lipinski definition) is 8. The molecule has 2 fully saturated rings. The second-order valence-electron chi connectivity index (χ2n) is 14.4. The number of aliphatic hydroxyl groups excluding tert-OH is 1. The van der Waals surface area contributed by atoms with Gasteiger partial charge in [-0.3, -0.25) is 9.59 Å². The maximum Gasteiger partial charge on any atom is 0.420 e. The quantitative estimate of drug-likeness (QED) is 0.326. The summed E-state index contributed by atoms with van der Waals surface area (Å²) >= 11 is 1.24. The molecule has 9 nitrogen and oxygen atoms in total. The van der Waals surface area contributed by atoms with Crippen LogP contribution >= 0.6 is 11.3 Å². The number of pyridine rings is 1. The van der Waals surface area contributed by atoms with Gasteiger partial charge in [0, 0.05) is 30.9 Å². The Hall–Kier alpha value is -3.13. The van der Waals surface area contributed by atoms with E-state index in [2.05, 4.69) is 42.0 Å². The molecule has 1 aromatic carbocycles. The smallest absolute Gasteiger partial charge is 0.393 e. The molecule has 3 aromatic rings. The van der Waals surface area contributed by atoms with Gasteiger partial charge in [0.2, 0.25) is 0 Å². The zero-order valence-corrected chi connectivity index (χ0v) is 27.8. The summed E-state index contributed by atoms with van der Waals surface area (Å²) in [5.74, 6) is -0.447. The molecule has 2 amide bonds. The van der Waals surface area contributed by atoms with Crippen molar-refractivity contribution in [1.82, 2.24) is 25.1 Å². The van der Waals surface area contributed by atoms with Gasteiger partial charge in [0.1, 0.15) is 10.3 Å². The number of benzene rings is 1. The predicted octanol–water partition coefficient (Wildman–Crippen LogP) is 4.91. The van der Waals surface area contributed by atoms with Crippen LogP contribution in [0, 0.1) is 11.3 Å². The Kier molecular flexibility index (Phi) is 9.14. The van der Waals surface area contributed by atoms with Gasteiger partial charge < -0.3 is 25.3 Å². The zero-order chi connectivity index (χ0) is 33.7.